The van der Waals surface area contributed by atoms with Gasteiger partial charge in [-0.2, -0.15) is 0 Å². The van der Waals surface area contributed by atoms with E-state index in [-0.39, 0.29) is 30.4 Å². The van der Waals surface area contributed by atoms with Gasteiger partial charge in [-0.1, -0.05) is 43.7 Å². The van der Waals surface area contributed by atoms with Gasteiger partial charge in [-0.15, -0.1) is 0 Å². The second-order valence-corrected chi connectivity index (χ2v) is 8.54. The van der Waals surface area contributed by atoms with Gasteiger partial charge in [-0.05, 0) is 36.6 Å². The minimum atomic E-state index is -0.274. The van der Waals surface area contributed by atoms with E-state index in [0.29, 0.717) is 42.6 Å². The quantitative estimate of drug-likeness (QED) is 0.824. The molecule has 1 N–H and O–H groups in total. The highest BCUT2D eigenvalue weighted by Crippen LogP contribution is 2.36. The standard InChI is InChI=1S/C24H28N2O4/c1-15(2)11-25-23(27)20-13-26(12-19(20)17-6-4-16(3)5-7-17)24(28)18-8-9-21-22(10-18)30-14-29-21/h4-10,15,19-20H,11-14H2,1-3H3,(H,25,27). The van der Waals surface area contributed by atoms with Gasteiger partial charge in [0.05, 0.1) is 5.92 Å². The van der Waals surface area contributed by atoms with Gasteiger partial charge in [-0.25, -0.2) is 0 Å². The molecule has 30 heavy (non-hydrogen) atoms. The zero-order valence-corrected chi connectivity index (χ0v) is 17.7. The fraction of sp³-hybridized carbons (Fsp3) is 0.417. The molecule has 158 valence electrons. The molecule has 0 aromatic heterocycles. The highest BCUT2D eigenvalue weighted by atomic mass is 16.7. The Morgan fingerprint density at radius 2 is 1.80 bits per heavy atom. The predicted octanol–water partition coefficient (Wildman–Crippen LogP) is 3.35. The fourth-order valence-corrected chi connectivity index (χ4v) is 4.03. The molecule has 0 radical (unpaired) electrons. The van der Waals surface area contributed by atoms with Crippen LogP contribution in [0.5, 0.6) is 11.5 Å². The summed E-state index contributed by atoms with van der Waals surface area (Å²) < 4.78 is 10.7. The number of rotatable bonds is 5. The fourth-order valence-electron chi connectivity index (χ4n) is 4.03. The van der Waals surface area contributed by atoms with Crippen molar-refractivity contribution in [3.05, 3.63) is 59.2 Å². The first-order chi connectivity index (χ1) is 14.4. The van der Waals surface area contributed by atoms with E-state index >= 15 is 0 Å². The third-order valence-electron chi connectivity index (χ3n) is 5.75. The van der Waals surface area contributed by atoms with Crippen LogP contribution in [0.25, 0.3) is 0 Å². The zero-order chi connectivity index (χ0) is 21.3. The molecule has 2 amide bonds. The number of amides is 2. The Kier molecular flexibility index (Phi) is 5.66. The summed E-state index contributed by atoms with van der Waals surface area (Å²) in [5, 5.41) is 3.05. The maximum atomic E-state index is 13.2. The van der Waals surface area contributed by atoms with Crippen LogP contribution in [0.15, 0.2) is 42.5 Å². The lowest BCUT2D eigenvalue weighted by molar-refractivity contribution is -0.125. The van der Waals surface area contributed by atoms with Crippen LogP contribution in [0.3, 0.4) is 0 Å². The van der Waals surface area contributed by atoms with Crippen LogP contribution in [-0.2, 0) is 4.79 Å². The molecular formula is C24H28N2O4. The molecule has 1 fully saturated rings. The average molecular weight is 408 g/mol. The Morgan fingerprint density at radius 1 is 1.07 bits per heavy atom. The Hall–Kier alpha value is -3.02. The molecule has 0 bridgehead atoms. The van der Waals surface area contributed by atoms with Crippen molar-refractivity contribution in [1.29, 1.82) is 0 Å². The summed E-state index contributed by atoms with van der Waals surface area (Å²) in [7, 11) is 0. The van der Waals surface area contributed by atoms with E-state index in [9.17, 15) is 9.59 Å². The van der Waals surface area contributed by atoms with Crippen LogP contribution in [-0.4, -0.2) is 43.1 Å². The Bertz CT molecular complexity index is 939. The van der Waals surface area contributed by atoms with Gasteiger partial charge in [0.25, 0.3) is 5.91 Å². The van der Waals surface area contributed by atoms with Crippen LogP contribution in [0.4, 0.5) is 0 Å². The first-order valence-electron chi connectivity index (χ1n) is 10.5. The molecule has 2 aliphatic rings. The molecule has 2 heterocycles. The molecule has 2 atom stereocenters. The van der Waals surface area contributed by atoms with Gasteiger partial charge in [0.2, 0.25) is 12.7 Å². The number of carbonyl (C=O) groups excluding carboxylic acids is 2. The lowest BCUT2D eigenvalue weighted by Crippen LogP contribution is -2.37. The van der Waals surface area contributed by atoms with Crippen molar-refractivity contribution >= 4 is 11.8 Å². The van der Waals surface area contributed by atoms with E-state index in [1.807, 2.05) is 6.92 Å². The SMILES string of the molecule is Cc1ccc(C2CN(C(=O)c3ccc4c(c3)OCO4)CC2C(=O)NCC(C)C)cc1. The Morgan fingerprint density at radius 3 is 2.53 bits per heavy atom. The summed E-state index contributed by atoms with van der Waals surface area (Å²) in [6.07, 6.45) is 0. The second-order valence-electron chi connectivity index (χ2n) is 8.54. The molecular weight excluding hydrogens is 380 g/mol. The van der Waals surface area contributed by atoms with Crippen LogP contribution < -0.4 is 14.8 Å². The summed E-state index contributed by atoms with van der Waals surface area (Å²) in [5.41, 5.74) is 2.81. The minimum Gasteiger partial charge on any atom is -0.454 e. The number of likely N-dealkylation sites (tertiary alicyclic amines) is 1. The molecule has 1 saturated heterocycles. The largest absolute Gasteiger partial charge is 0.454 e. The lowest BCUT2D eigenvalue weighted by atomic mass is 9.88. The second kappa shape index (κ2) is 8.38. The molecule has 2 aromatic rings. The van der Waals surface area contributed by atoms with Gasteiger partial charge in [-0.3, -0.25) is 9.59 Å². The van der Waals surface area contributed by atoms with Crippen molar-refractivity contribution in [1.82, 2.24) is 10.2 Å². The van der Waals surface area contributed by atoms with Crippen molar-refractivity contribution in [3.63, 3.8) is 0 Å². The Labute approximate surface area is 177 Å². The molecule has 6 nitrogen and oxygen atoms in total. The zero-order valence-electron chi connectivity index (χ0n) is 17.7. The highest BCUT2D eigenvalue weighted by Gasteiger charge is 2.40. The lowest BCUT2D eigenvalue weighted by Gasteiger charge is -2.19. The summed E-state index contributed by atoms with van der Waals surface area (Å²) in [6.45, 7) is 7.90. The van der Waals surface area contributed by atoms with Crippen molar-refractivity contribution in [3.8, 4) is 11.5 Å². The minimum absolute atomic E-state index is 0.00950. The van der Waals surface area contributed by atoms with Crippen molar-refractivity contribution in [2.24, 2.45) is 11.8 Å². The summed E-state index contributed by atoms with van der Waals surface area (Å²) in [6, 6.07) is 13.5. The molecule has 0 spiro atoms. The van der Waals surface area contributed by atoms with Crippen LogP contribution in [0, 0.1) is 18.8 Å². The highest BCUT2D eigenvalue weighted by molar-refractivity contribution is 5.96. The molecule has 2 aromatic carbocycles. The number of nitrogens with zero attached hydrogens (tertiary/aromatic N) is 1. The third kappa shape index (κ3) is 4.13. The van der Waals surface area contributed by atoms with Gasteiger partial charge in [0.1, 0.15) is 0 Å². The number of nitrogens with one attached hydrogen (secondary N) is 1. The van der Waals surface area contributed by atoms with Gasteiger partial charge >= 0.3 is 0 Å². The topological polar surface area (TPSA) is 67.9 Å². The first-order valence-corrected chi connectivity index (χ1v) is 10.5. The molecule has 0 aliphatic carbocycles. The van der Waals surface area contributed by atoms with Crippen molar-refractivity contribution in [2.75, 3.05) is 26.4 Å². The molecule has 0 saturated carbocycles. The normalized spacial score (nSPS) is 19.9. The molecule has 2 unspecified atom stereocenters. The summed E-state index contributed by atoms with van der Waals surface area (Å²) >= 11 is 0. The van der Waals surface area contributed by atoms with Crippen LogP contribution >= 0.6 is 0 Å². The van der Waals surface area contributed by atoms with E-state index in [2.05, 4.69) is 43.4 Å². The maximum Gasteiger partial charge on any atom is 0.254 e. The van der Waals surface area contributed by atoms with E-state index in [0.717, 1.165) is 5.56 Å². The monoisotopic (exact) mass is 408 g/mol. The van der Waals surface area contributed by atoms with Gasteiger partial charge in [0, 0.05) is 31.1 Å². The van der Waals surface area contributed by atoms with Gasteiger partial charge in [0.15, 0.2) is 11.5 Å². The number of hydrogen-bond donors (Lipinski definition) is 1. The number of aryl methyl sites for hydroxylation is 1. The third-order valence-corrected chi connectivity index (χ3v) is 5.75. The number of ether oxygens (including phenoxy) is 2. The number of carbonyl (C=O) groups is 2. The first kappa shape index (κ1) is 20.3. The van der Waals surface area contributed by atoms with Crippen LogP contribution in [0.1, 0.15) is 41.3 Å². The van der Waals surface area contributed by atoms with Crippen molar-refractivity contribution < 1.29 is 19.1 Å². The van der Waals surface area contributed by atoms with E-state index in [1.54, 1.807) is 23.1 Å². The van der Waals surface area contributed by atoms with E-state index < -0.39 is 0 Å². The molecule has 4 rings (SSSR count). The predicted molar refractivity (Wildman–Crippen MR) is 114 cm³/mol. The van der Waals surface area contributed by atoms with Crippen LogP contribution in [0.2, 0.25) is 0 Å². The average Bonchev–Trinajstić information content (AvgIpc) is 3.38. The van der Waals surface area contributed by atoms with E-state index in [1.165, 1.54) is 5.56 Å². The van der Waals surface area contributed by atoms with Gasteiger partial charge < -0.3 is 19.7 Å². The maximum absolute atomic E-state index is 13.2. The number of fused-ring (bicyclic) bond motifs is 1. The summed E-state index contributed by atoms with van der Waals surface area (Å²) in [4.78, 5) is 28.0. The Balaban J connectivity index is 1.56. The molecule has 6 heteroatoms. The van der Waals surface area contributed by atoms with E-state index in [4.69, 9.17) is 9.47 Å². The number of hydrogen-bond acceptors (Lipinski definition) is 4. The van der Waals surface area contributed by atoms with Crippen molar-refractivity contribution in [2.45, 2.75) is 26.7 Å². The smallest absolute Gasteiger partial charge is 0.254 e. The summed E-state index contributed by atoms with van der Waals surface area (Å²) in [5.74, 6) is 1.22. The number of benzene rings is 2. The molecule has 2 aliphatic heterocycles.